The van der Waals surface area contributed by atoms with Gasteiger partial charge in [0.25, 0.3) is 5.91 Å². The molecule has 2 unspecified atom stereocenters. The molecule has 1 aliphatic carbocycles. The van der Waals surface area contributed by atoms with Crippen LogP contribution in [0.25, 0.3) is 10.9 Å². The Morgan fingerprint density at radius 2 is 1.95 bits per heavy atom. The second-order valence-corrected chi connectivity index (χ2v) is 11.2. The van der Waals surface area contributed by atoms with Gasteiger partial charge in [-0.25, -0.2) is 4.98 Å². The van der Waals surface area contributed by atoms with Crippen LogP contribution in [-0.4, -0.2) is 61.5 Å². The van der Waals surface area contributed by atoms with Crippen LogP contribution in [0, 0.1) is 0 Å². The highest BCUT2D eigenvalue weighted by atomic mass is 35.5. The Balaban J connectivity index is 1.18. The average molecular weight is 596 g/mol. The zero-order valence-corrected chi connectivity index (χ0v) is 22.4. The van der Waals surface area contributed by atoms with Crippen molar-refractivity contribution in [1.82, 2.24) is 30.4 Å². The normalized spacial score (nSPS) is 21.2. The van der Waals surface area contributed by atoms with Gasteiger partial charge in [-0.1, -0.05) is 17.7 Å². The number of H-pyrrole nitrogens is 1. The van der Waals surface area contributed by atoms with Gasteiger partial charge in [-0.15, -0.1) is 0 Å². The number of benzene rings is 1. The van der Waals surface area contributed by atoms with E-state index in [4.69, 9.17) is 11.6 Å². The van der Waals surface area contributed by atoms with Gasteiger partial charge in [-0.05, 0) is 53.3 Å². The third-order valence-corrected chi connectivity index (χ3v) is 8.54. The summed E-state index contributed by atoms with van der Waals surface area (Å²) >= 11 is 6.39. The summed E-state index contributed by atoms with van der Waals surface area (Å²) in [6, 6.07) is 5.44. The standard InChI is InChI=1S/C28H21ClF3N7O3/c29-19-4-13-5-21(25(41)39(12-28(30,31)32)11-17(13)16-10-35-38-22(16)19)36-24(40)20-6-14-7-27(8-15(14)9-34-20)18-2-1-3-33-23(18)37-26(27)42/h1-4,6,9-10,21H,5,7-8,11-12H2,(H,35,38)(H,36,40)(H,33,37,42). The molecule has 0 bridgehead atoms. The molecule has 1 spiro atoms. The third kappa shape index (κ3) is 4.18. The lowest BCUT2D eigenvalue weighted by molar-refractivity contribution is -0.163. The van der Waals surface area contributed by atoms with Gasteiger partial charge >= 0.3 is 6.18 Å². The van der Waals surface area contributed by atoms with Crippen molar-refractivity contribution in [2.24, 2.45) is 0 Å². The number of pyridine rings is 2. The summed E-state index contributed by atoms with van der Waals surface area (Å²) in [5.74, 6) is -1.28. The second-order valence-electron chi connectivity index (χ2n) is 10.8. The fraction of sp³-hybridized carbons (Fsp3) is 0.286. The lowest BCUT2D eigenvalue weighted by Crippen LogP contribution is -2.50. The number of nitrogens with one attached hydrogen (secondary N) is 3. The van der Waals surface area contributed by atoms with Crippen LogP contribution in [0.4, 0.5) is 19.0 Å². The Hall–Kier alpha value is -4.52. The summed E-state index contributed by atoms with van der Waals surface area (Å²) in [4.78, 5) is 49.0. The van der Waals surface area contributed by atoms with Crippen molar-refractivity contribution in [3.05, 3.63) is 81.4 Å². The number of aromatic amines is 1. The molecule has 5 heterocycles. The molecule has 3 amide bonds. The maximum Gasteiger partial charge on any atom is 0.406 e. The van der Waals surface area contributed by atoms with Crippen LogP contribution in [0.2, 0.25) is 5.02 Å². The molecule has 0 radical (unpaired) electrons. The highest BCUT2D eigenvalue weighted by Crippen LogP contribution is 2.46. The van der Waals surface area contributed by atoms with E-state index in [1.165, 1.54) is 12.4 Å². The van der Waals surface area contributed by atoms with Gasteiger partial charge in [0.15, 0.2) is 0 Å². The molecule has 0 saturated carbocycles. The molecule has 3 aliphatic rings. The predicted molar refractivity (Wildman–Crippen MR) is 144 cm³/mol. The zero-order valence-electron chi connectivity index (χ0n) is 21.7. The molecule has 4 aromatic rings. The van der Waals surface area contributed by atoms with Gasteiger partial charge in [0.05, 0.1) is 22.2 Å². The lowest BCUT2D eigenvalue weighted by Gasteiger charge is -2.26. The van der Waals surface area contributed by atoms with Gasteiger partial charge in [-0.3, -0.25) is 24.5 Å². The molecule has 214 valence electrons. The van der Waals surface area contributed by atoms with Crippen molar-refractivity contribution < 1.29 is 27.6 Å². The summed E-state index contributed by atoms with van der Waals surface area (Å²) in [6.45, 7) is -1.82. The number of halogens is 4. The quantitative estimate of drug-likeness (QED) is 0.333. The zero-order chi connectivity index (χ0) is 29.4. The minimum atomic E-state index is -4.66. The molecule has 2 aliphatic heterocycles. The molecule has 2 atom stereocenters. The van der Waals surface area contributed by atoms with E-state index in [0.29, 0.717) is 50.6 Å². The van der Waals surface area contributed by atoms with Crippen molar-refractivity contribution in [1.29, 1.82) is 0 Å². The van der Waals surface area contributed by atoms with Crippen LogP contribution in [0.3, 0.4) is 0 Å². The van der Waals surface area contributed by atoms with Crippen molar-refractivity contribution in [3.63, 3.8) is 0 Å². The molecule has 3 N–H and O–H groups in total. The smallest absolute Gasteiger partial charge is 0.339 e. The highest BCUT2D eigenvalue weighted by molar-refractivity contribution is 6.35. The van der Waals surface area contributed by atoms with E-state index in [1.54, 1.807) is 24.4 Å². The van der Waals surface area contributed by atoms with E-state index in [1.807, 2.05) is 6.07 Å². The van der Waals surface area contributed by atoms with Gasteiger partial charge in [0, 0.05) is 36.3 Å². The number of hydrogen-bond acceptors (Lipinski definition) is 6. The SMILES string of the molecule is O=C(NC1Cc2cc(Cl)c3[nH]ncc3c2CN(CC(F)(F)F)C1=O)c1cc2c(cn1)CC1(C2)C(=O)Nc2ncccc21. The van der Waals surface area contributed by atoms with E-state index in [2.05, 4.69) is 30.8 Å². The van der Waals surface area contributed by atoms with Crippen LogP contribution < -0.4 is 10.6 Å². The Morgan fingerprint density at radius 1 is 1.14 bits per heavy atom. The van der Waals surface area contributed by atoms with E-state index in [0.717, 1.165) is 16.7 Å². The van der Waals surface area contributed by atoms with Gasteiger partial charge < -0.3 is 15.5 Å². The Bertz CT molecular complexity index is 1820. The third-order valence-electron chi connectivity index (χ3n) is 8.24. The molecule has 0 fully saturated rings. The number of fused-ring (bicyclic) bond motifs is 6. The first-order valence-corrected chi connectivity index (χ1v) is 13.4. The van der Waals surface area contributed by atoms with E-state index in [9.17, 15) is 27.6 Å². The number of alkyl halides is 3. The first-order chi connectivity index (χ1) is 20.0. The monoisotopic (exact) mass is 595 g/mol. The minimum absolute atomic E-state index is 0.0152. The number of hydrogen-bond donors (Lipinski definition) is 3. The van der Waals surface area contributed by atoms with Crippen molar-refractivity contribution in [3.8, 4) is 0 Å². The van der Waals surface area contributed by atoms with Crippen molar-refractivity contribution in [2.45, 2.75) is 43.4 Å². The van der Waals surface area contributed by atoms with Crippen LogP contribution in [-0.2, 0) is 40.8 Å². The number of amides is 3. The summed E-state index contributed by atoms with van der Waals surface area (Å²) in [5, 5.41) is 12.9. The lowest BCUT2D eigenvalue weighted by atomic mass is 9.79. The first kappa shape index (κ1) is 26.4. The summed E-state index contributed by atoms with van der Waals surface area (Å²) in [7, 11) is 0. The van der Waals surface area contributed by atoms with Crippen LogP contribution in [0.15, 0.2) is 42.9 Å². The maximum atomic E-state index is 13.5. The average Bonchev–Trinajstić information content (AvgIpc) is 3.63. The topological polar surface area (TPSA) is 133 Å². The number of anilines is 1. The Kier molecular flexibility index (Phi) is 5.81. The van der Waals surface area contributed by atoms with E-state index < -0.39 is 36.0 Å². The Labute approximate surface area is 240 Å². The summed E-state index contributed by atoms with van der Waals surface area (Å²) < 4.78 is 40.5. The van der Waals surface area contributed by atoms with Crippen LogP contribution in [0.5, 0.6) is 0 Å². The van der Waals surface area contributed by atoms with E-state index >= 15 is 0 Å². The van der Waals surface area contributed by atoms with Gasteiger partial charge in [0.2, 0.25) is 11.8 Å². The van der Waals surface area contributed by atoms with Gasteiger partial charge in [0.1, 0.15) is 24.1 Å². The number of aromatic nitrogens is 4. The van der Waals surface area contributed by atoms with Crippen molar-refractivity contribution >= 4 is 46.0 Å². The summed E-state index contributed by atoms with van der Waals surface area (Å²) in [5.41, 5.74) is 2.89. The number of carbonyl (C=O) groups is 3. The number of nitrogens with zero attached hydrogens (tertiary/aromatic N) is 4. The molecule has 0 saturated heterocycles. The van der Waals surface area contributed by atoms with Gasteiger partial charge in [-0.2, -0.15) is 18.3 Å². The maximum absolute atomic E-state index is 13.5. The highest BCUT2D eigenvalue weighted by Gasteiger charge is 2.51. The molecule has 7 rings (SSSR count). The predicted octanol–water partition coefficient (Wildman–Crippen LogP) is 3.24. The molecule has 1 aromatic carbocycles. The fourth-order valence-corrected chi connectivity index (χ4v) is 6.60. The fourth-order valence-electron chi connectivity index (χ4n) is 6.32. The number of carbonyl (C=O) groups excluding carboxylic acids is 3. The molecule has 3 aromatic heterocycles. The van der Waals surface area contributed by atoms with Crippen LogP contribution in [0.1, 0.15) is 38.3 Å². The minimum Gasteiger partial charge on any atom is -0.339 e. The molecule has 14 heteroatoms. The molecular weight excluding hydrogens is 575 g/mol. The summed E-state index contributed by atoms with van der Waals surface area (Å²) in [6.07, 6.45) is 0.548. The largest absolute Gasteiger partial charge is 0.406 e. The Morgan fingerprint density at radius 3 is 2.76 bits per heavy atom. The molecular formula is C28H21ClF3N7O3. The first-order valence-electron chi connectivity index (χ1n) is 13.1. The number of rotatable bonds is 3. The van der Waals surface area contributed by atoms with Crippen molar-refractivity contribution in [2.75, 3.05) is 11.9 Å². The van der Waals surface area contributed by atoms with E-state index in [-0.39, 0.29) is 24.6 Å². The van der Waals surface area contributed by atoms with Crippen LogP contribution >= 0.6 is 11.6 Å². The molecule has 42 heavy (non-hydrogen) atoms. The second kappa shape index (κ2) is 9.24. The molecule has 10 nitrogen and oxygen atoms in total.